The quantitative estimate of drug-likeness (QED) is 0.590. The monoisotopic (exact) mass is 383 g/mol. The Morgan fingerprint density at radius 2 is 1.82 bits per heavy atom. The van der Waals surface area contributed by atoms with E-state index in [0.29, 0.717) is 37.5 Å². The lowest BCUT2D eigenvalue weighted by molar-refractivity contribution is -0.137. The number of hydrogen-bond donors (Lipinski definition) is 1. The lowest BCUT2D eigenvalue weighted by Gasteiger charge is -2.58. The van der Waals surface area contributed by atoms with Crippen LogP contribution in [0, 0.1) is 23.2 Å². The number of benzene rings is 1. The van der Waals surface area contributed by atoms with Crippen LogP contribution in [-0.2, 0) is 20.9 Å². The number of carbonyl (C=O) groups excluding carboxylic acids is 2. The second-order valence-electron chi connectivity index (χ2n) is 8.66. The van der Waals surface area contributed by atoms with Crippen molar-refractivity contribution in [1.29, 1.82) is 0 Å². The van der Waals surface area contributed by atoms with Crippen molar-refractivity contribution in [3.63, 3.8) is 0 Å². The molecule has 4 fully saturated rings. The minimum Gasteiger partial charge on any atom is -0.463 e. The molecule has 28 heavy (non-hydrogen) atoms. The van der Waals surface area contributed by atoms with Crippen LogP contribution in [0.1, 0.15) is 44.6 Å². The van der Waals surface area contributed by atoms with Crippen molar-refractivity contribution in [3.8, 4) is 0 Å². The van der Waals surface area contributed by atoms with Gasteiger partial charge in [0.25, 0.3) is 0 Å². The number of rotatable bonds is 6. The molecule has 4 aliphatic rings. The average Bonchev–Trinajstić information content (AvgIpc) is 2.68. The number of hydrogen-bond acceptors (Lipinski definition) is 4. The van der Waals surface area contributed by atoms with Crippen LogP contribution in [0.3, 0.4) is 0 Å². The van der Waals surface area contributed by atoms with Crippen LogP contribution in [0.25, 0.3) is 0 Å². The second kappa shape index (κ2) is 7.98. The van der Waals surface area contributed by atoms with Crippen LogP contribution < -0.4 is 5.32 Å². The summed E-state index contributed by atoms with van der Waals surface area (Å²) >= 11 is 0. The van der Waals surface area contributed by atoms with E-state index in [-0.39, 0.29) is 17.5 Å². The van der Waals surface area contributed by atoms with Crippen molar-refractivity contribution in [1.82, 2.24) is 5.32 Å². The number of alkyl carbamates (subject to hydrolysis) is 1. The summed E-state index contributed by atoms with van der Waals surface area (Å²) in [7, 11) is 0. The maximum absolute atomic E-state index is 12.2. The van der Waals surface area contributed by atoms with E-state index in [4.69, 9.17) is 9.47 Å². The first-order valence-electron chi connectivity index (χ1n) is 10.4. The zero-order valence-corrected chi connectivity index (χ0v) is 16.5. The molecule has 4 atom stereocenters. The van der Waals surface area contributed by atoms with Gasteiger partial charge in [0.05, 0.1) is 6.61 Å². The molecule has 0 spiro atoms. The standard InChI is InChI=1S/C23H29NO4/c1-2-27-21(25)10-20-18-8-17-9-19(20)13-23(11-17,12-18)15-24-22(26)28-14-16-6-4-3-5-7-16/h3-7,10,17-19H,2,8-9,11-15H2,1H3,(H,24,26)/t17?,18-,19+,23?. The zero-order chi connectivity index (χ0) is 19.6. The summed E-state index contributed by atoms with van der Waals surface area (Å²) in [6, 6.07) is 9.72. The van der Waals surface area contributed by atoms with Crippen LogP contribution in [0.15, 0.2) is 42.0 Å². The molecule has 0 aromatic heterocycles. The highest BCUT2D eigenvalue weighted by Crippen LogP contribution is 2.61. The molecule has 4 bridgehead atoms. The maximum Gasteiger partial charge on any atom is 0.407 e. The highest BCUT2D eigenvalue weighted by molar-refractivity contribution is 5.83. The maximum atomic E-state index is 12.2. The normalized spacial score (nSPS) is 31.6. The Balaban J connectivity index is 1.34. The van der Waals surface area contributed by atoms with Gasteiger partial charge in [-0.05, 0) is 67.8 Å². The molecule has 1 amide bonds. The van der Waals surface area contributed by atoms with Gasteiger partial charge in [0, 0.05) is 12.6 Å². The highest BCUT2D eigenvalue weighted by Gasteiger charge is 2.53. The fraction of sp³-hybridized carbons (Fsp3) is 0.565. The molecule has 4 aliphatic carbocycles. The van der Waals surface area contributed by atoms with Crippen LogP contribution in [0.4, 0.5) is 4.79 Å². The molecule has 1 N–H and O–H groups in total. The third-order valence-electron chi connectivity index (χ3n) is 6.65. The smallest absolute Gasteiger partial charge is 0.407 e. The summed E-state index contributed by atoms with van der Waals surface area (Å²) in [5, 5.41) is 3.01. The highest BCUT2D eigenvalue weighted by atomic mass is 16.5. The van der Waals surface area contributed by atoms with Crippen LogP contribution in [0.2, 0.25) is 0 Å². The third kappa shape index (κ3) is 4.08. The second-order valence-corrected chi connectivity index (χ2v) is 8.66. The number of carbonyl (C=O) groups is 2. The predicted octanol–water partition coefficient (Wildman–Crippen LogP) is 4.23. The Hall–Kier alpha value is -2.30. The summed E-state index contributed by atoms with van der Waals surface area (Å²) in [6.45, 7) is 3.21. The Labute approximate surface area is 166 Å². The molecule has 1 aromatic rings. The minimum atomic E-state index is -0.345. The number of ether oxygens (including phenoxy) is 2. The third-order valence-corrected chi connectivity index (χ3v) is 6.65. The fourth-order valence-corrected chi connectivity index (χ4v) is 5.79. The first kappa shape index (κ1) is 19.0. The molecular formula is C23H29NO4. The molecule has 4 saturated carbocycles. The zero-order valence-electron chi connectivity index (χ0n) is 16.5. The van der Waals surface area contributed by atoms with Crippen molar-refractivity contribution < 1.29 is 19.1 Å². The summed E-state index contributed by atoms with van der Waals surface area (Å²) in [5.74, 6) is 1.41. The molecule has 0 saturated heterocycles. The van der Waals surface area contributed by atoms with Crippen molar-refractivity contribution in [3.05, 3.63) is 47.5 Å². The van der Waals surface area contributed by atoms with Gasteiger partial charge >= 0.3 is 12.1 Å². The van der Waals surface area contributed by atoms with Gasteiger partial charge < -0.3 is 14.8 Å². The molecular weight excluding hydrogens is 354 g/mol. The Bertz CT molecular complexity index is 739. The molecule has 1 aromatic carbocycles. The van der Waals surface area contributed by atoms with Gasteiger partial charge in [0.15, 0.2) is 0 Å². The van der Waals surface area contributed by atoms with E-state index in [9.17, 15) is 9.59 Å². The van der Waals surface area contributed by atoms with Crippen LogP contribution in [-0.4, -0.2) is 25.2 Å². The van der Waals surface area contributed by atoms with Crippen LogP contribution >= 0.6 is 0 Å². The van der Waals surface area contributed by atoms with E-state index in [1.807, 2.05) is 37.3 Å². The van der Waals surface area contributed by atoms with Gasteiger partial charge in [-0.25, -0.2) is 9.59 Å². The molecule has 0 radical (unpaired) electrons. The Morgan fingerprint density at radius 1 is 1.11 bits per heavy atom. The SMILES string of the molecule is CCOC(=O)C=C1[C@@H]2CC3C[C@H]1CC(CNC(=O)OCc1ccccc1)(C3)C2. The van der Waals surface area contributed by atoms with Crippen molar-refractivity contribution in [2.24, 2.45) is 23.2 Å². The van der Waals surface area contributed by atoms with E-state index in [0.717, 1.165) is 18.4 Å². The first-order valence-corrected chi connectivity index (χ1v) is 10.4. The Kier molecular flexibility index (Phi) is 5.42. The van der Waals surface area contributed by atoms with E-state index in [1.165, 1.54) is 24.8 Å². The average molecular weight is 383 g/mol. The van der Waals surface area contributed by atoms with Crippen molar-refractivity contribution in [2.75, 3.05) is 13.2 Å². The number of allylic oxidation sites excluding steroid dienone is 1. The van der Waals surface area contributed by atoms with E-state index < -0.39 is 0 Å². The van der Waals surface area contributed by atoms with Gasteiger partial charge in [0.1, 0.15) is 6.61 Å². The van der Waals surface area contributed by atoms with E-state index in [1.54, 1.807) is 6.08 Å². The largest absolute Gasteiger partial charge is 0.463 e. The lowest BCUT2D eigenvalue weighted by Crippen LogP contribution is -2.52. The van der Waals surface area contributed by atoms with Gasteiger partial charge in [-0.1, -0.05) is 35.9 Å². The molecule has 5 rings (SSSR count). The predicted molar refractivity (Wildman–Crippen MR) is 105 cm³/mol. The molecule has 5 nitrogen and oxygen atoms in total. The molecule has 0 aliphatic heterocycles. The minimum absolute atomic E-state index is 0.147. The number of esters is 1. The number of nitrogens with one attached hydrogen (secondary N) is 1. The van der Waals surface area contributed by atoms with Gasteiger partial charge in [-0.3, -0.25) is 0 Å². The fourth-order valence-electron chi connectivity index (χ4n) is 5.79. The Morgan fingerprint density at radius 3 is 2.50 bits per heavy atom. The van der Waals surface area contributed by atoms with Crippen LogP contribution in [0.5, 0.6) is 0 Å². The van der Waals surface area contributed by atoms with Gasteiger partial charge in [-0.2, -0.15) is 0 Å². The molecule has 150 valence electrons. The summed E-state index contributed by atoms with van der Waals surface area (Å²) in [4.78, 5) is 24.1. The molecule has 5 heteroatoms. The summed E-state index contributed by atoms with van der Waals surface area (Å²) in [5.41, 5.74) is 2.42. The van der Waals surface area contributed by atoms with E-state index >= 15 is 0 Å². The molecule has 2 unspecified atom stereocenters. The topological polar surface area (TPSA) is 64.6 Å². The summed E-state index contributed by atoms with van der Waals surface area (Å²) < 4.78 is 10.5. The van der Waals surface area contributed by atoms with Crippen molar-refractivity contribution >= 4 is 12.1 Å². The van der Waals surface area contributed by atoms with Crippen molar-refractivity contribution in [2.45, 2.75) is 45.6 Å². The summed E-state index contributed by atoms with van der Waals surface area (Å²) in [6.07, 6.45) is 7.01. The lowest BCUT2D eigenvalue weighted by atomic mass is 9.48. The van der Waals surface area contributed by atoms with Gasteiger partial charge in [-0.15, -0.1) is 0 Å². The number of amides is 1. The van der Waals surface area contributed by atoms with E-state index in [2.05, 4.69) is 5.32 Å². The first-order chi connectivity index (χ1) is 13.6. The molecule has 0 heterocycles. The van der Waals surface area contributed by atoms with Gasteiger partial charge in [0.2, 0.25) is 0 Å².